The Balaban J connectivity index is 2.31. The van der Waals surface area contributed by atoms with Gasteiger partial charge in [-0.05, 0) is 47.8 Å². The van der Waals surface area contributed by atoms with Crippen molar-refractivity contribution in [2.75, 3.05) is 33.5 Å². The standard InChI is InChI=1S/C18H23BrN2O4/c1-3-25-17-15(19)11-13(12-16(17)23-2)18(22)21(8-4-7-20)14-5-9-24-10-6-14/h11-12,14H,3-6,8-10H2,1-2H3. The second kappa shape index (κ2) is 9.64. The topological polar surface area (TPSA) is 71.8 Å². The summed E-state index contributed by atoms with van der Waals surface area (Å²) in [6, 6.07) is 5.65. The first kappa shape index (κ1) is 19.5. The molecular weight excluding hydrogens is 388 g/mol. The van der Waals surface area contributed by atoms with Crippen molar-refractivity contribution in [3.05, 3.63) is 22.2 Å². The van der Waals surface area contributed by atoms with Gasteiger partial charge in [-0.3, -0.25) is 4.79 Å². The Morgan fingerprint density at radius 3 is 2.76 bits per heavy atom. The van der Waals surface area contributed by atoms with Crippen LogP contribution < -0.4 is 9.47 Å². The molecule has 2 rings (SSSR count). The van der Waals surface area contributed by atoms with E-state index >= 15 is 0 Å². The zero-order valence-electron chi connectivity index (χ0n) is 14.6. The summed E-state index contributed by atoms with van der Waals surface area (Å²) < 4.78 is 17.0. The number of carbonyl (C=O) groups excluding carboxylic acids is 1. The average Bonchev–Trinajstić information content (AvgIpc) is 2.64. The molecule has 0 spiro atoms. The zero-order chi connectivity index (χ0) is 18.2. The summed E-state index contributed by atoms with van der Waals surface area (Å²) in [4.78, 5) is 14.9. The number of carbonyl (C=O) groups is 1. The zero-order valence-corrected chi connectivity index (χ0v) is 16.2. The minimum Gasteiger partial charge on any atom is -0.493 e. The third-order valence-corrected chi connectivity index (χ3v) is 4.71. The summed E-state index contributed by atoms with van der Waals surface area (Å²) in [5.41, 5.74) is 0.511. The summed E-state index contributed by atoms with van der Waals surface area (Å²) in [5.74, 6) is 0.979. The maximum absolute atomic E-state index is 13.1. The Bertz CT molecular complexity index is 639. The molecule has 1 aliphatic rings. The van der Waals surface area contributed by atoms with Gasteiger partial charge in [-0.1, -0.05) is 0 Å². The Kier molecular flexibility index (Phi) is 7.53. The minimum atomic E-state index is -0.107. The number of rotatable bonds is 7. The van der Waals surface area contributed by atoms with Crippen molar-refractivity contribution >= 4 is 21.8 Å². The van der Waals surface area contributed by atoms with Gasteiger partial charge in [0.25, 0.3) is 5.91 Å². The van der Waals surface area contributed by atoms with E-state index in [2.05, 4.69) is 22.0 Å². The van der Waals surface area contributed by atoms with E-state index in [-0.39, 0.29) is 11.9 Å². The molecule has 0 radical (unpaired) electrons. The van der Waals surface area contributed by atoms with Crippen LogP contribution in [-0.4, -0.2) is 50.3 Å². The molecule has 1 fully saturated rings. The van der Waals surface area contributed by atoms with Crippen LogP contribution in [-0.2, 0) is 4.74 Å². The summed E-state index contributed by atoms with van der Waals surface area (Å²) in [6.45, 7) is 4.07. The van der Waals surface area contributed by atoms with Gasteiger partial charge in [0, 0.05) is 31.4 Å². The summed E-state index contributed by atoms with van der Waals surface area (Å²) >= 11 is 3.46. The van der Waals surface area contributed by atoms with Crippen molar-refractivity contribution in [1.29, 1.82) is 5.26 Å². The monoisotopic (exact) mass is 410 g/mol. The fraction of sp³-hybridized carbons (Fsp3) is 0.556. The fourth-order valence-corrected chi connectivity index (χ4v) is 3.47. The molecule has 0 saturated carbocycles. The van der Waals surface area contributed by atoms with Crippen LogP contribution in [0, 0.1) is 11.3 Å². The van der Waals surface area contributed by atoms with Gasteiger partial charge in [0.1, 0.15) is 0 Å². The Hall–Kier alpha value is -1.78. The molecule has 1 aromatic rings. The predicted octanol–water partition coefficient (Wildman–Crippen LogP) is 3.39. The van der Waals surface area contributed by atoms with Crippen molar-refractivity contribution in [1.82, 2.24) is 4.90 Å². The first-order chi connectivity index (χ1) is 12.1. The Morgan fingerprint density at radius 1 is 1.44 bits per heavy atom. The van der Waals surface area contributed by atoms with Crippen LogP contribution in [0.3, 0.4) is 0 Å². The maximum atomic E-state index is 13.1. The average molecular weight is 411 g/mol. The molecule has 25 heavy (non-hydrogen) atoms. The van der Waals surface area contributed by atoms with Crippen LogP contribution in [0.1, 0.15) is 36.5 Å². The molecule has 136 valence electrons. The molecule has 1 saturated heterocycles. The third kappa shape index (κ3) is 4.86. The lowest BCUT2D eigenvalue weighted by Gasteiger charge is -2.34. The van der Waals surface area contributed by atoms with Gasteiger partial charge in [0.2, 0.25) is 0 Å². The molecule has 0 atom stereocenters. The molecule has 0 unspecified atom stereocenters. The van der Waals surface area contributed by atoms with Gasteiger partial charge in [-0.15, -0.1) is 0 Å². The fourth-order valence-electron chi connectivity index (χ4n) is 2.91. The lowest BCUT2D eigenvalue weighted by molar-refractivity contribution is 0.0296. The highest BCUT2D eigenvalue weighted by molar-refractivity contribution is 9.10. The number of amides is 1. The molecule has 6 nitrogen and oxygen atoms in total. The van der Waals surface area contributed by atoms with Crippen LogP contribution in [0.2, 0.25) is 0 Å². The van der Waals surface area contributed by atoms with E-state index in [1.807, 2.05) is 6.92 Å². The van der Waals surface area contributed by atoms with E-state index in [0.717, 1.165) is 12.8 Å². The van der Waals surface area contributed by atoms with Crippen molar-refractivity contribution in [2.24, 2.45) is 0 Å². The predicted molar refractivity (Wildman–Crippen MR) is 97.0 cm³/mol. The van der Waals surface area contributed by atoms with Gasteiger partial charge in [-0.25, -0.2) is 0 Å². The van der Waals surface area contributed by atoms with Gasteiger partial charge < -0.3 is 19.1 Å². The first-order valence-electron chi connectivity index (χ1n) is 8.38. The third-order valence-electron chi connectivity index (χ3n) is 4.12. The number of nitrogens with zero attached hydrogens (tertiary/aromatic N) is 2. The molecule has 0 aromatic heterocycles. The molecule has 0 N–H and O–H groups in total. The number of hydrogen-bond acceptors (Lipinski definition) is 5. The summed E-state index contributed by atoms with van der Waals surface area (Å²) in [5, 5.41) is 8.93. The SMILES string of the molecule is CCOc1c(Br)cc(C(=O)N(CCC#N)C2CCOCC2)cc1OC. The van der Waals surface area contributed by atoms with Gasteiger partial charge in [0.05, 0.1) is 30.7 Å². The van der Waals surface area contributed by atoms with E-state index in [9.17, 15) is 4.79 Å². The normalized spacial score (nSPS) is 14.6. The van der Waals surface area contributed by atoms with Gasteiger partial charge in [0.15, 0.2) is 11.5 Å². The number of ether oxygens (including phenoxy) is 3. The van der Waals surface area contributed by atoms with Crippen molar-refractivity contribution in [3.63, 3.8) is 0 Å². The van der Waals surface area contributed by atoms with Gasteiger partial charge in [-0.2, -0.15) is 5.26 Å². The van der Waals surface area contributed by atoms with E-state index in [1.54, 1.807) is 24.1 Å². The number of benzene rings is 1. The van der Waals surface area contributed by atoms with Crippen LogP contribution in [0.4, 0.5) is 0 Å². The van der Waals surface area contributed by atoms with Crippen LogP contribution in [0.5, 0.6) is 11.5 Å². The smallest absolute Gasteiger partial charge is 0.254 e. The second-order valence-electron chi connectivity index (χ2n) is 5.67. The molecule has 1 aliphatic heterocycles. The molecule has 1 heterocycles. The molecule has 7 heteroatoms. The van der Waals surface area contributed by atoms with Crippen LogP contribution >= 0.6 is 15.9 Å². The number of methoxy groups -OCH3 is 1. The summed E-state index contributed by atoms with van der Waals surface area (Å²) in [7, 11) is 1.55. The maximum Gasteiger partial charge on any atom is 0.254 e. The lowest BCUT2D eigenvalue weighted by atomic mass is 10.0. The van der Waals surface area contributed by atoms with E-state index in [1.165, 1.54) is 0 Å². The Morgan fingerprint density at radius 2 is 2.16 bits per heavy atom. The highest BCUT2D eigenvalue weighted by Crippen LogP contribution is 2.37. The van der Waals surface area contributed by atoms with Crippen LogP contribution in [0.15, 0.2) is 16.6 Å². The van der Waals surface area contributed by atoms with Crippen molar-refractivity contribution < 1.29 is 19.0 Å². The van der Waals surface area contributed by atoms with Crippen molar-refractivity contribution in [3.8, 4) is 17.6 Å². The van der Waals surface area contributed by atoms with E-state index in [4.69, 9.17) is 19.5 Å². The Labute approximate surface area is 156 Å². The first-order valence-corrected chi connectivity index (χ1v) is 9.17. The van der Waals surface area contributed by atoms with E-state index < -0.39 is 0 Å². The summed E-state index contributed by atoms with van der Waals surface area (Å²) in [6.07, 6.45) is 1.87. The number of halogens is 1. The second-order valence-corrected chi connectivity index (χ2v) is 6.53. The molecule has 0 aliphatic carbocycles. The molecule has 0 bridgehead atoms. The highest BCUT2D eigenvalue weighted by atomic mass is 79.9. The number of hydrogen-bond donors (Lipinski definition) is 0. The quantitative estimate of drug-likeness (QED) is 0.688. The lowest BCUT2D eigenvalue weighted by Crippen LogP contribution is -2.44. The van der Waals surface area contributed by atoms with Crippen LogP contribution in [0.25, 0.3) is 0 Å². The van der Waals surface area contributed by atoms with Gasteiger partial charge >= 0.3 is 0 Å². The number of nitriles is 1. The molecule has 1 amide bonds. The minimum absolute atomic E-state index is 0.0888. The van der Waals surface area contributed by atoms with E-state index in [0.29, 0.717) is 54.3 Å². The largest absolute Gasteiger partial charge is 0.493 e. The highest BCUT2D eigenvalue weighted by Gasteiger charge is 2.27. The van der Waals surface area contributed by atoms with Crippen molar-refractivity contribution in [2.45, 2.75) is 32.2 Å². The molecular formula is C18H23BrN2O4. The molecule has 1 aromatic carbocycles.